The lowest BCUT2D eigenvalue weighted by molar-refractivity contribution is -0.135. The molecule has 6 nitrogen and oxygen atoms in total. The Bertz CT molecular complexity index is 1050. The third-order valence-corrected chi connectivity index (χ3v) is 5.47. The van der Waals surface area contributed by atoms with E-state index >= 15 is 0 Å². The minimum Gasteiger partial charge on any atom is -0.338 e. The highest BCUT2D eigenvalue weighted by Crippen LogP contribution is 2.18. The fourth-order valence-electron chi connectivity index (χ4n) is 3.92. The van der Waals surface area contributed by atoms with Crippen LogP contribution in [0.15, 0.2) is 53.6 Å². The predicted octanol–water partition coefficient (Wildman–Crippen LogP) is 2.78. The van der Waals surface area contributed by atoms with Crippen molar-refractivity contribution in [3.05, 3.63) is 70.4 Å². The first kappa shape index (κ1) is 18.3. The van der Waals surface area contributed by atoms with Crippen LogP contribution in [0.3, 0.4) is 0 Å². The zero-order valence-corrected chi connectivity index (χ0v) is 16.0. The van der Waals surface area contributed by atoms with E-state index in [0.717, 1.165) is 42.5 Å². The molecule has 3 heterocycles. The number of piperidine rings is 1. The van der Waals surface area contributed by atoms with Gasteiger partial charge >= 0.3 is 0 Å². The molecule has 1 aliphatic rings. The Morgan fingerprint density at radius 2 is 1.86 bits per heavy atom. The second-order valence-corrected chi connectivity index (χ2v) is 7.42. The molecule has 4 rings (SSSR count). The first-order valence-corrected chi connectivity index (χ1v) is 9.80. The summed E-state index contributed by atoms with van der Waals surface area (Å²) in [7, 11) is 0. The zero-order chi connectivity index (χ0) is 19.5. The molecule has 28 heavy (non-hydrogen) atoms. The standard InChI is InChI=1S/C22H24N4O2/c1-16-6-4-5-13-25(16)21(27)15-26-22(28)19-8-3-2-7-18(19)20(24-26)14-17-9-11-23-12-10-17/h2-3,7-12,16H,4-6,13-15H2,1H3. The summed E-state index contributed by atoms with van der Waals surface area (Å²) in [6.45, 7) is 2.81. The molecule has 0 saturated carbocycles. The van der Waals surface area contributed by atoms with E-state index < -0.39 is 0 Å². The summed E-state index contributed by atoms with van der Waals surface area (Å²) in [4.78, 5) is 31.7. The molecule has 2 aromatic heterocycles. The monoisotopic (exact) mass is 376 g/mol. The zero-order valence-electron chi connectivity index (χ0n) is 16.0. The highest BCUT2D eigenvalue weighted by atomic mass is 16.2. The number of hydrogen-bond acceptors (Lipinski definition) is 4. The van der Waals surface area contributed by atoms with Crippen LogP contribution in [0.2, 0.25) is 0 Å². The Labute approximate surface area is 163 Å². The number of hydrogen-bond donors (Lipinski definition) is 0. The van der Waals surface area contributed by atoms with Crippen LogP contribution in [0.1, 0.15) is 37.4 Å². The summed E-state index contributed by atoms with van der Waals surface area (Å²) in [5, 5.41) is 6.02. The number of amides is 1. The maximum absolute atomic E-state index is 13.0. The fraction of sp³-hybridized carbons (Fsp3) is 0.364. The van der Waals surface area contributed by atoms with E-state index in [1.54, 1.807) is 18.5 Å². The smallest absolute Gasteiger partial charge is 0.275 e. The molecular formula is C22H24N4O2. The largest absolute Gasteiger partial charge is 0.338 e. The van der Waals surface area contributed by atoms with Gasteiger partial charge in [0, 0.05) is 36.8 Å². The molecule has 144 valence electrons. The SMILES string of the molecule is CC1CCCCN1C(=O)Cn1nc(Cc2ccncc2)c2ccccc2c1=O. The van der Waals surface area contributed by atoms with Crippen LogP contribution < -0.4 is 5.56 Å². The molecular weight excluding hydrogens is 352 g/mol. The molecule has 1 amide bonds. The van der Waals surface area contributed by atoms with Crippen molar-refractivity contribution in [2.75, 3.05) is 6.54 Å². The summed E-state index contributed by atoms with van der Waals surface area (Å²) in [6, 6.07) is 11.6. The van der Waals surface area contributed by atoms with Crippen molar-refractivity contribution in [2.45, 2.75) is 45.2 Å². The van der Waals surface area contributed by atoms with E-state index in [1.807, 2.05) is 35.2 Å². The molecule has 1 aromatic carbocycles. The summed E-state index contributed by atoms with van der Waals surface area (Å²) in [5.74, 6) is -0.0352. The first-order valence-electron chi connectivity index (χ1n) is 9.80. The number of nitrogens with zero attached hydrogens (tertiary/aromatic N) is 4. The molecule has 1 atom stereocenters. The number of rotatable bonds is 4. The van der Waals surface area contributed by atoms with Crippen LogP contribution in [0.4, 0.5) is 0 Å². The number of fused-ring (bicyclic) bond motifs is 1. The van der Waals surface area contributed by atoms with E-state index in [1.165, 1.54) is 4.68 Å². The number of benzene rings is 1. The van der Waals surface area contributed by atoms with Gasteiger partial charge in [-0.2, -0.15) is 5.10 Å². The molecule has 0 radical (unpaired) electrons. The summed E-state index contributed by atoms with van der Waals surface area (Å²) < 4.78 is 1.34. The Hall–Kier alpha value is -3.02. The Kier molecular flexibility index (Phi) is 5.19. The van der Waals surface area contributed by atoms with Gasteiger partial charge in [-0.3, -0.25) is 14.6 Å². The lowest BCUT2D eigenvalue weighted by Gasteiger charge is -2.33. The summed E-state index contributed by atoms with van der Waals surface area (Å²) >= 11 is 0. The molecule has 0 spiro atoms. The molecule has 1 fully saturated rings. The normalized spacial score (nSPS) is 17.0. The van der Waals surface area contributed by atoms with Gasteiger partial charge in [-0.25, -0.2) is 4.68 Å². The van der Waals surface area contributed by atoms with E-state index in [0.29, 0.717) is 11.8 Å². The third-order valence-electron chi connectivity index (χ3n) is 5.47. The van der Waals surface area contributed by atoms with Crippen LogP contribution in [0, 0.1) is 0 Å². The predicted molar refractivity (Wildman–Crippen MR) is 108 cm³/mol. The van der Waals surface area contributed by atoms with Gasteiger partial charge in [-0.15, -0.1) is 0 Å². The van der Waals surface area contributed by atoms with Crippen LogP contribution in [-0.2, 0) is 17.8 Å². The van der Waals surface area contributed by atoms with Gasteiger partial charge in [0.2, 0.25) is 5.91 Å². The van der Waals surface area contributed by atoms with Crippen molar-refractivity contribution >= 4 is 16.7 Å². The van der Waals surface area contributed by atoms with Gasteiger partial charge in [-0.05, 0) is 49.9 Å². The summed E-state index contributed by atoms with van der Waals surface area (Å²) in [5.41, 5.74) is 1.64. The molecule has 1 unspecified atom stereocenters. The molecule has 6 heteroatoms. The third kappa shape index (κ3) is 3.67. The van der Waals surface area contributed by atoms with E-state index in [-0.39, 0.29) is 24.1 Å². The average Bonchev–Trinajstić information content (AvgIpc) is 2.72. The maximum atomic E-state index is 13.0. The van der Waals surface area contributed by atoms with E-state index in [9.17, 15) is 9.59 Å². The molecule has 0 bridgehead atoms. The summed E-state index contributed by atoms with van der Waals surface area (Å²) in [6.07, 6.45) is 7.25. The highest BCUT2D eigenvalue weighted by molar-refractivity contribution is 5.84. The number of pyridine rings is 1. The van der Waals surface area contributed by atoms with Crippen molar-refractivity contribution in [3.63, 3.8) is 0 Å². The maximum Gasteiger partial charge on any atom is 0.275 e. The van der Waals surface area contributed by atoms with Crippen LogP contribution in [-0.4, -0.2) is 38.2 Å². The van der Waals surface area contributed by atoms with Crippen LogP contribution >= 0.6 is 0 Å². The van der Waals surface area contributed by atoms with Crippen molar-refractivity contribution in [3.8, 4) is 0 Å². The lowest BCUT2D eigenvalue weighted by Crippen LogP contribution is -2.45. The van der Waals surface area contributed by atoms with Crippen LogP contribution in [0.5, 0.6) is 0 Å². The Morgan fingerprint density at radius 1 is 1.11 bits per heavy atom. The minimum atomic E-state index is -0.216. The molecule has 1 aliphatic heterocycles. The highest BCUT2D eigenvalue weighted by Gasteiger charge is 2.24. The van der Waals surface area contributed by atoms with Crippen molar-refractivity contribution in [1.29, 1.82) is 0 Å². The van der Waals surface area contributed by atoms with Crippen molar-refractivity contribution in [1.82, 2.24) is 19.7 Å². The van der Waals surface area contributed by atoms with Gasteiger partial charge in [0.25, 0.3) is 5.56 Å². The Balaban J connectivity index is 1.71. The quantitative estimate of drug-likeness (QED) is 0.702. The second kappa shape index (κ2) is 7.92. The number of carbonyl (C=O) groups excluding carboxylic acids is 1. The minimum absolute atomic E-state index is 0.0165. The fourth-order valence-corrected chi connectivity index (χ4v) is 3.92. The van der Waals surface area contributed by atoms with Gasteiger partial charge in [0.15, 0.2) is 0 Å². The van der Waals surface area contributed by atoms with E-state index in [4.69, 9.17) is 0 Å². The van der Waals surface area contributed by atoms with Gasteiger partial charge in [0.1, 0.15) is 6.54 Å². The number of carbonyl (C=O) groups is 1. The molecule has 3 aromatic rings. The molecule has 0 N–H and O–H groups in total. The Morgan fingerprint density at radius 3 is 2.61 bits per heavy atom. The van der Waals surface area contributed by atoms with Crippen molar-refractivity contribution < 1.29 is 4.79 Å². The van der Waals surface area contributed by atoms with Gasteiger partial charge in [0.05, 0.1) is 11.1 Å². The van der Waals surface area contributed by atoms with Gasteiger partial charge in [-0.1, -0.05) is 18.2 Å². The number of aromatic nitrogens is 3. The number of likely N-dealkylation sites (tertiary alicyclic amines) is 1. The van der Waals surface area contributed by atoms with E-state index in [2.05, 4.69) is 17.0 Å². The average molecular weight is 376 g/mol. The molecule has 1 saturated heterocycles. The topological polar surface area (TPSA) is 68.1 Å². The lowest BCUT2D eigenvalue weighted by atomic mass is 10.0. The first-order chi connectivity index (χ1) is 13.6. The van der Waals surface area contributed by atoms with Crippen molar-refractivity contribution in [2.24, 2.45) is 0 Å². The molecule has 0 aliphatic carbocycles. The van der Waals surface area contributed by atoms with Gasteiger partial charge < -0.3 is 4.90 Å². The second-order valence-electron chi connectivity index (χ2n) is 7.42. The van der Waals surface area contributed by atoms with Crippen LogP contribution in [0.25, 0.3) is 10.8 Å².